The number of hydrogen-bond donors (Lipinski definition) is 0. The Balaban J connectivity index is 0. The first-order chi connectivity index (χ1) is 2.56. The standard InChI is InChI=1S/C3H3F3.BrH/c1-2-3(4,5)6;/h2H,1H2;1H. The quantitative estimate of drug-likeness (QED) is 0.498. The number of rotatable bonds is 0. The van der Waals surface area contributed by atoms with Gasteiger partial charge in [0, 0.05) is 6.08 Å². The molecule has 0 N–H and O–H groups in total. The molecule has 0 aromatic heterocycles. The van der Waals surface area contributed by atoms with Crippen molar-refractivity contribution >= 4 is 17.0 Å². The van der Waals surface area contributed by atoms with Crippen LogP contribution in [0.5, 0.6) is 0 Å². The Bertz CT molecular complexity index is 55.7. The van der Waals surface area contributed by atoms with Gasteiger partial charge in [-0.1, -0.05) is 6.58 Å². The number of hydrogen-bond acceptors (Lipinski definition) is 0. The summed E-state index contributed by atoms with van der Waals surface area (Å²) < 4.78 is 32.0. The normalized spacial score (nSPS) is 9.57. The van der Waals surface area contributed by atoms with Gasteiger partial charge in [-0.25, -0.2) is 0 Å². The van der Waals surface area contributed by atoms with E-state index >= 15 is 0 Å². The summed E-state index contributed by atoms with van der Waals surface area (Å²) in [7, 11) is 0. The zero-order valence-corrected chi connectivity index (χ0v) is 5.04. The minimum Gasteiger partial charge on any atom is -0.167 e. The molecule has 0 rings (SSSR count). The number of alkyl halides is 3. The molecular formula is C3H4BrF3. The molecule has 0 aromatic carbocycles. The minimum absolute atomic E-state index is 0. The summed E-state index contributed by atoms with van der Waals surface area (Å²) in [6, 6.07) is 0. The van der Waals surface area contributed by atoms with E-state index in [0.717, 1.165) is 0 Å². The fraction of sp³-hybridized carbons (Fsp3) is 0.333. The van der Waals surface area contributed by atoms with Crippen LogP contribution in [0.4, 0.5) is 13.2 Å². The first-order valence-corrected chi connectivity index (χ1v) is 1.26. The molecule has 0 radical (unpaired) electrons. The highest BCUT2D eigenvalue weighted by Gasteiger charge is 2.19. The van der Waals surface area contributed by atoms with Gasteiger partial charge in [0.25, 0.3) is 0 Å². The predicted octanol–water partition coefficient (Wildman–Crippen LogP) is 2.31. The molecule has 4 heteroatoms. The Morgan fingerprint density at radius 2 is 1.43 bits per heavy atom. The Hall–Kier alpha value is 0.01000. The zero-order valence-electron chi connectivity index (χ0n) is 3.33. The van der Waals surface area contributed by atoms with Gasteiger partial charge in [-0.05, 0) is 0 Å². The van der Waals surface area contributed by atoms with Crippen molar-refractivity contribution in [3.63, 3.8) is 0 Å². The Morgan fingerprint density at radius 3 is 1.43 bits per heavy atom. The average molecular weight is 177 g/mol. The van der Waals surface area contributed by atoms with Gasteiger partial charge in [0.05, 0.1) is 0 Å². The maximum Gasteiger partial charge on any atom is 0.409 e. The SMILES string of the molecule is Br.C=CC(F)(F)F. The molecule has 0 amide bonds. The van der Waals surface area contributed by atoms with Crippen LogP contribution in [0.1, 0.15) is 0 Å². The van der Waals surface area contributed by atoms with Crippen LogP contribution >= 0.6 is 17.0 Å². The molecule has 0 unspecified atom stereocenters. The van der Waals surface area contributed by atoms with E-state index in [2.05, 4.69) is 6.58 Å². The summed E-state index contributed by atoms with van der Waals surface area (Å²) in [4.78, 5) is 0. The predicted molar refractivity (Wildman–Crippen MR) is 26.6 cm³/mol. The van der Waals surface area contributed by atoms with Crippen LogP contribution < -0.4 is 0 Å². The number of halogens is 4. The highest BCUT2D eigenvalue weighted by atomic mass is 79.9. The van der Waals surface area contributed by atoms with Crippen LogP contribution in [0, 0.1) is 0 Å². The van der Waals surface area contributed by atoms with Crippen molar-refractivity contribution in [2.24, 2.45) is 0 Å². The van der Waals surface area contributed by atoms with Gasteiger partial charge >= 0.3 is 6.18 Å². The van der Waals surface area contributed by atoms with Crippen molar-refractivity contribution in [3.05, 3.63) is 12.7 Å². The molecule has 0 aliphatic heterocycles. The summed E-state index contributed by atoms with van der Waals surface area (Å²) >= 11 is 0. The van der Waals surface area contributed by atoms with Gasteiger partial charge in [0.15, 0.2) is 0 Å². The van der Waals surface area contributed by atoms with Crippen molar-refractivity contribution in [1.82, 2.24) is 0 Å². The van der Waals surface area contributed by atoms with Crippen LogP contribution in [-0.2, 0) is 0 Å². The van der Waals surface area contributed by atoms with Gasteiger partial charge in [-0.15, -0.1) is 17.0 Å². The molecule has 0 spiro atoms. The van der Waals surface area contributed by atoms with E-state index in [4.69, 9.17) is 0 Å². The average Bonchev–Trinajstić information content (AvgIpc) is 1.35. The van der Waals surface area contributed by atoms with Crippen molar-refractivity contribution in [1.29, 1.82) is 0 Å². The van der Waals surface area contributed by atoms with Gasteiger partial charge in [-0.3, -0.25) is 0 Å². The third-order valence-corrected chi connectivity index (χ3v) is 0.231. The van der Waals surface area contributed by atoms with Crippen LogP contribution in [-0.4, -0.2) is 6.18 Å². The van der Waals surface area contributed by atoms with E-state index in [0.29, 0.717) is 0 Å². The van der Waals surface area contributed by atoms with Crippen molar-refractivity contribution in [2.75, 3.05) is 0 Å². The second-order valence-electron chi connectivity index (χ2n) is 0.746. The molecule has 44 valence electrons. The third-order valence-electron chi connectivity index (χ3n) is 0.231. The first kappa shape index (κ1) is 10.1. The lowest BCUT2D eigenvalue weighted by molar-refractivity contribution is -0.0795. The summed E-state index contributed by atoms with van der Waals surface area (Å²) in [6.07, 6.45) is -4.26. The summed E-state index contributed by atoms with van der Waals surface area (Å²) in [5.74, 6) is 0. The van der Waals surface area contributed by atoms with E-state index in [-0.39, 0.29) is 23.1 Å². The van der Waals surface area contributed by atoms with E-state index in [1.165, 1.54) is 0 Å². The lowest BCUT2D eigenvalue weighted by Crippen LogP contribution is -1.98. The second kappa shape index (κ2) is 3.07. The molecule has 0 saturated heterocycles. The van der Waals surface area contributed by atoms with Crippen LogP contribution in [0.25, 0.3) is 0 Å². The van der Waals surface area contributed by atoms with E-state index in [1.54, 1.807) is 0 Å². The second-order valence-corrected chi connectivity index (χ2v) is 0.746. The van der Waals surface area contributed by atoms with Crippen molar-refractivity contribution in [3.8, 4) is 0 Å². The Morgan fingerprint density at radius 1 is 1.29 bits per heavy atom. The molecule has 0 aliphatic carbocycles. The zero-order chi connectivity index (χ0) is 5.21. The Kier molecular flexibility index (Phi) is 4.42. The summed E-state index contributed by atoms with van der Waals surface area (Å²) in [5, 5.41) is 0. The first-order valence-electron chi connectivity index (χ1n) is 1.26. The molecule has 0 bridgehead atoms. The molecule has 0 saturated carbocycles. The lowest BCUT2D eigenvalue weighted by atomic mass is 10.6. The van der Waals surface area contributed by atoms with Gasteiger partial charge in [-0.2, -0.15) is 13.2 Å². The van der Waals surface area contributed by atoms with Crippen LogP contribution in [0.15, 0.2) is 12.7 Å². The molecule has 7 heavy (non-hydrogen) atoms. The molecule has 0 heterocycles. The number of allylic oxidation sites excluding steroid dienone is 1. The molecule has 0 aliphatic rings. The minimum atomic E-state index is -4.19. The van der Waals surface area contributed by atoms with Gasteiger partial charge in [0.2, 0.25) is 0 Å². The summed E-state index contributed by atoms with van der Waals surface area (Å²) in [5.41, 5.74) is 0. The van der Waals surface area contributed by atoms with Gasteiger partial charge < -0.3 is 0 Å². The molecular weight excluding hydrogens is 173 g/mol. The fourth-order valence-electron chi connectivity index (χ4n) is 0. The summed E-state index contributed by atoms with van der Waals surface area (Å²) in [6.45, 7) is 2.51. The topological polar surface area (TPSA) is 0 Å². The smallest absolute Gasteiger partial charge is 0.167 e. The van der Waals surface area contributed by atoms with E-state index in [1.807, 2.05) is 0 Å². The molecule has 0 aromatic rings. The Labute approximate surface area is 49.8 Å². The maximum atomic E-state index is 10.7. The molecule has 0 fully saturated rings. The van der Waals surface area contributed by atoms with E-state index in [9.17, 15) is 13.2 Å². The lowest BCUT2D eigenvalue weighted by Gasteiger charge is -1.91. The van der Waals surface area contributed by atoms with Crippen LogP contribution in [0.2, 0.25) is 0 Å². The largest absolute Gasteiger partial charge is 0.409 e. The van der Waals surface area contributed by atoms with E-state index < -0.39 is 6.18 Å². The molecule has 0 atom stereocenters. The van der Waals surface area contributed by atoms with Crippen LogP contribution in [0.3, 0.4) is 0 Å². The maximum absolute atomic E-state index is 10.7. The highest BCUT2D eigenvalue weighted by Crippen LogP contribution is 2.13. The van der Waals surface area contributed by atoms with Gasteiger partial charge in [0.1, 0.15) is 0 Å². The van der Waals surface area contributed by atoms with Crippen molar-refractivity contribution < 1.29 is 13.2 Å². The monoisotopic (exact) mass is 176 g/mol. The third kappa shape index (κ3) is 10.7. The molecule has 0 nitrogen and oxygen atoms in total. The highest BCUT2D eigenvalue weighted by molar-refractivity contribution is 8.93. The van der Waals surface area contributed by atoms with Crippen molar-refractivity contribution in [2.45, 2.75) is 6.18 Å². The fourth-order valence-corrected chi connectivity index (χ4v) is 0.